The molecule has 6 atom stereocenters. The molecule has 0 radical (unpaired) electrons. The zero-order valence-electron chi connectivity index (χ0n) is 23.8. The Bertz CT molecular complexity index is 1420. The summed E-state index contributed by atoms with van der Waals surface area (Å²) in [4.78, 5) is 76.0. The number of phosphoric ester groups is 1. The summed E-state index contributed by atoms with van der Waals surface area (Å²) in [6.07, 6.45) is 0.426. The highest BCUT2D eigenvalue weighted by molar-refractivity contribution is 7.66. The summed E-state index contributed by atoms with van der Waals surface area (Å²) < 4.78 is 52.1. The second kappa shape index (κ2) is 17.0. The van der Waals surface area contributed by atoms with E-state index in [-0.39, 0.29) is 30.5 Å². The van der Waals surface area contributed by atoms with Gasteiger partial charge in [0.25, 0.3) is 5.56 Å². The molecular weight excluding hydrogens is 671 g/mol. The first-order valence-corrected chi connectivity index (χ1v) is 17.8. The van der Waals surface area contributed by atoms with E-state index in [0.717, 1.165) is 48.7 Å². The van der Waals surface area contributed by atoms with Crippen LogP contribution < -0.4 is 21.9 Å². The Morgan fingerprint density at radius 3 is 2.36 bits per heavy atom. The van der Waals surface area contributed by atoms with Gasteiger partial charge in [0.1, 0.15) is 24.4 Å². The van der Waals surface area contributed by atoms with Gasteiger partial charge in [-0.1, -0.05) is 26.2 Å². The van der Waals surface area contributed by atoms with E-state index in [0.29, 0.717) is 6.42 Å². The van der Waals surface area contributed by atoms with Gasteiger partial charge in [-0.25, -0.2) is 13.7 Å². The fourth-order valence-electron chi connectivity index (χ4n) is 3.82. The molecule has 1 saturated heterocycles. The number of anilines is 1. The van der Waals surface area contributed by atoms with Gasteiger partial charge in [0.2, 0.25) is 17.8 Å². The Labute approximate surface area is 255 Å². The summed E-state index contributed by atoms with van der Waals surface area (Å²) in [7, 11) is -17.0. The summed E-state index contributed by atoms with van der Waals surface area (Å²) in [5, 5.41) is 26.0. The molecule has 24 heteroatoms. The molecule has 0 bridgehead atoms. The maximum absolute atomic E-state index is 12.5. The number of amides is 2. The molecule has 21 nitrogen and oxygen atoms in total. The quantitative estimate of drug-likeness (QED) is 0.0502. The van der Waals surface area contributed by atoms with Crippen molar-refractivity contribution in [2.24, 2.45) is 0 Å². The lowest BCUT2D eigenvalue weighted by molar-refractivity contribution is -0.121. The zero-order valence-corrected chi connectivity index (χ0v) is 26.5. The van der Waals surface area contributed by atoms with Gasteiger partial charge < -0.3 is 50.9 Å². The van der Waals surface area contributed by atoms with Gasteiger partial charge in [-0.2, -0.15) is 13.6 Å². The van der Waals surface area contributed by atoms with Crippen molar-refractivity contribution >= 4 is 47.4 Å². The first-order chi connectivity index (χ1) is 20.8. The summed E-state index contributed by atoms with van der Waals surface area (Å²) in [6.45, 7) is 1.28. The van der Waals surface area contributed by atoms with Crippen LogP contribution in [-0.4, -0.2) is 89.2 Å². The number of aliphatic hydroxyl groups excluding tert-OH is 2. The van der Waals surface area contributed by atoms with Crippen molar-refractivity contribution in [1.82, 2.24) is 20.2 Å². The number of hydrogen-bond donors (Lipinski definition) is 9. The van der Waals surface area contributed by atoms with Crippen LogP contribution in [0, 0.1) is 0 Å². The van der Waals surface area contributed by atoms with Gasteiger partial charge in [0.05, 0.1) is 12.2 Å². The molecule has 1 aromatic rings. The molecule has 1 aromatic heterocycles. The standard InChI is InChI=1S/C21H36N5O16P3/c1-2-3-4-5-6-15(27)23-8-9-24-16(28)7-10-26-11-13(20(31)25-21(26)22)19-18(30)17(29)14(40-19)12-39-44(35,36)42-45(37,38)41-43(32,33)34/h7,10-11,14,17-19,29-30H,2-6,8-9,12H2,1H3,(H,23,27)(H,24,28)(H,35,36)(H,37,38)(H2,22,25,31)(H2,32,33,34)/b10-7+. The molecule has 0 spiro atoms. The number of nitrogen functional groups attached to an aromatic ring is 1. The number of aromatic nitrogens is 2. The molecule has 0 aliphatic carbocycles. The van der Waals surface area contributed by atoms with Crippen LogP contribution in [0.15, 0.2) is 17.1 Å². The number of nitrogens with zero attached hydrogens (tertiary/aromatic N) is 2. The molecule has 256 valence electrons. The minimum absolute atomic E-state index is 0.120. The molecular formula is C21H36N5O16P3. The third kappa shape index (κ3) is 13.5. The topological polar surface area (TPSA) is 329 Å². The van der Waals surface area contributed by atoms with E-state index in [1.807, 2.05) is 0 Å². The summed E-state index contributed by atoms with van der Waals surface area (Å²) >= 11 is 0. The fraction of sp³-hybridized carbons (Fsp3) is 0.619. The van der Waals surface area contributed by atoms with Gasteiger partial charge in [-0.15, -0.1) is 0 Å². The predicted molar refractivity (Wildman–Crippen MR) is 152 cm³/mol. The lowest BCUT2D eigenvalue weighted by Gasteiger charge is -2.19. The van der Waals surface area contributed by atoms with E-state index in [1.165, 1.54) is 0 Å². The lowest BCUT2D eigenvalue weighted by Crippen LogP contribution is -2.34. The molecule has 0 aromatic carbocycles. The number of unbranched alkanes of at least 4 members (excludes halogenated alkanes) is 3. The number of nitrogens with two attached hydrogens (primary N) is 1. The minimum atomic E-state index is -5.80. The second-order valence-electron chi connectivity index (χ2n) is 9.50. The Morgan fingerprint density at radius 2 is 1.71 bits per heavy atom. The number of hydrogen-bond acceptors (Lipinski definition) is 14. The van der Waals surface area contributed by atoms with Crippen LogP contribution in [0.2, 0.25) is 0 Å². The highest BCUT2D eigenvalue weighted by Gasteiger charge is 2.47. The molecule has 0 saturated carbocycles. The average molecular weight is 707 g/mol. The van der Waals surface area contributed by atoms with Crippen molar-refractivity contribution in [2.45, 2.75) is 63.4 Å². The first kappa shape index (κ1) is 38.8. The first-order valence-electron chi connectivity index (χ1n) is 13.3. The molecule has 6 unspecified atom stereocenters. The van der Waals surface area contributed by atoms with Crippen LogP contribution in [0.3, 0.4) is 0 Å². The summed E-state index contributed by atoms with van der Waals surface area (Å²) in [6, 6.07) is 0. The number of nitrogens with one attached hydrogen (secondary N) is 2. The molecule has 1 aliphatic heterocycles. The SMILES string of the molecule is CCCCCCC(=O)NCCNC(=O)/C=C/n1cc(C2OC(COP(=O)(O)OP(=O)(O)OP(=O)(O)O)C(O)C2O)c(=O)nc1N. The molecule has 45 heavy (non-hydrogen) atoms. The Balaban J connectivity index is 1.99. The van der Waals surface area contributed by atoms with Gasteiger partial charge in [-0.3, -0.25) is 23.5 Å². The van der Waals surface area contributed by atoms with Crippen molar-refractivity contribution in [3.8, 4) is 0 Å². The minimum Gasteiger partial charge on any atom is -0.387 e. The largest absolute Gasteiger partial charge is 0.490 e. The number of carbonyl (C=O) groups excluding carboxylic acids is 2. The summed E-state index contributed by atoms with van der Waals surface area (Å²) in [5.41, 5.74) is 4.36. The smallest absolute Gasteiger partial charge is 0.387 e. The molecule has 2 heterocycles. The average Bonchev–Trinajstić information content (AvgIpc) is 3.18. The van der Waals surface area contributed by atoms with Crippen molar-refractivity contribution in [2.75, 3.05) is 25.4 Å². The van der Waals surface area contributed by atoms with Crippen LogP contribution in [-0.2, 0) is 41.2 Å². The number of aliphatic hydroxyl groups is 2. The normalized spacial score (nSPS) is 23.0. The Kier molecular flexibility index (Phi) is 14.7. The van der Waals surface area contributed by atoms with Crippen LogP contribution in [0.5, 0.6) is 0 Å². The van der Waals surface area contributed by atoms with E-state index in [4.69, 9.17) is 20.3 Å². The van der Waals surface area contributed by atoms with Gasteiger partial charge in [0.15, 0.2) is 0 Å². The van der Waals surface area contributed by atoms with Crippen molar-refractivity contribution in [3.05, 3.63) is 28.2 Å². The molecule has 10 N–H and O–H groups in total. The number of phosphoric acid groups is 3. The van der Waals surface area contributed by atoms with Crippen LogP contribution in [0.1, 0.15) is 50.7 Å². The molecule has 1 aliphatic rings. The zero-order chi connectivity index (χ0) is 34.0. The maximum atomic E-state index is 12.5. The van der Waals surface area contributed by atoms with E-state index >= 15 is 0 Å². The second-order valence-corrected chi connectivity index (χ2v) is 13.9. The van der Waals surface area contributed by atoms with Gasteiger partial charge >= 0.3 is 23.5 Å². The number of ether oxygens (including phenoxy) is 1. The summed E-state index contributed by atoms with van der Waals surface area (Å²) in [5.74, 6) is -1.10. The monoisotopic (exact) mass is 707 g/mol. The van der Waals surface area contributed by atoms with Gasteiger partial charge in [0, 0.05) is 38.0 Å². The maximum Gasteiger partial charge on any atom is 0.490 e. The molecule has 1 fully saturated rings. The predicted octanol–water partition coefficient (Wildman–Crippen LogP) is -0.996. The van der Waals surface area contributed by atoms with Crippen LogP contribution in [0.4, 0.5) is 5.95 Å². The van der Waals surface area contributed by atoms with E-state index < -0.39 is 66.0 Å². The number of carbonyl (C=O) groups is 2. The lowest BCUT2D eigenvalue weighted by atomic mass is 10.0. The van der Waals surface area contributed by atoms with Crippen molar-refractivity contribution in [1.29, 1.82) is 0 Å². The van der Waals surface area contributed by atoms with Crippen molar-refractivity contribution < 1.29 is 71.0 Å². The molecule has 2 amide bonds. The third-order valence-corrected chi connectivity index (χ3v) is 9.69. The van der Waals surface area contributed by atoms with Crippen molar-refractivity contribution in [3.63, 3.8) is 0 Å². The van der Waals surface area contributed by atoms with Crippen LogP contribution in [0.25, 0.3) is 6.20 Å². The highest BCUT2D eigenvalue weighted by atomic mass is 31.3. The third-order valence-electron chi connectivity index (χ3n) is 5.88. The van der Waals surface area contributed by atoms with E-state index in [1.54, 1.807) is 0 Å². The molecule has 2 rings (SSSR count). The van der Waals surface area contributed by atoms with E-state index in [2.05, 4.69) is 35.7 Å². The highest BCUT2D eigenvalue weighted by Crippen LogP contribution is 2.66. The van der Waals surface area contributed by atoms with Crippen LogP contribution >= 0.6 is 23.5 Å². The fourth-order valence-corrected chi connectivity index (χ4v) is 6.85. The number of rotatable bonds is 18. The van der Waals surface area contributed by atoms with Gasteiger partial charge in [-0.05, 0) is 6.42 Å². The Hall–Kier alpha value is -2.35. The Morgan fingerprint density at radius 1 is 1.04 bits per heavy atom. The van der Waals surface area contributed by atoms with E-state index in [9.17, 15) is 48.1 Å².